The zero-order valence-corrected chi connectivity index (χ0v) is 11.5. The molecule has 3 heteroatoms. The van der Waals surface area contributed by atoms with Crippen LogP contribution in [0.3, 0.4) is 0 Å². The molecule has 2 nitrogen and oxygen atoms in total. The number of rotatable bonds is 4. The lowest BCUT2D eigenvalue weighted by molar-refractivity contribution is 0.107. The Morgan fingerprint density at radius 3 is 1.89 bits per heavy atom. The predicted molar refractivity (Wildman–Crippen MR) is 77.5 cm³/mol. The Balaban J connectivity index is 2.35. The molecule has 0 bridgehead atoms. The molecular formula is C15H16NOP. The van der Waals surface area contributed by atoms with E-state index in [0.717, 1.165) is 10.9 Å². The van der Waals surface area contributed by atoms with E-state index in [9.17, 15) is 4.79 Å². The molecule has 1 atom stereocenters. The van der Waals surface area contributed by atoms with Crippen LogP contribution in [0.2, 0.25) is 0 Å². The van der Waals surface area contributed by atoms with Crippen molar-refractivity contribution in [3.63, 3.8) is 0 Å². The van der Waals surface area contributed by atoms with Crippen LogP contribution in [0.15, 0.2) is 60.7 Å². The summed E-state index contributed by atoms with van der Waals surface area (Å²) in [7, 11) is 2.96. The third kappa shape index (κ3) is 2.84. The summed E-state index contributed by atoms with van der Waals surface area (Å²) in [6, 6.07) is 19.5. The molecule has 0 aliphatic heterocycles. The van der Waals surface area contributed by atoms with Gasteiger partial charge in [-0.05, 0) is 19.4 Å². The molecule has 0 saturated carbocycles. The fourth-order valence-electron chi connectivity index (χ4n) is 1.80. The molecule has 0 saturated heterocycles. The zero-order chi connectivity index (χ0) is 13.0. The van der Waals surface area contributed by atoms with Crippen LogP contribution in [0.4, 0.5) is 0 Å². The molecular weight excluding hydrogens is 241 g/mol. The van der Waals surface area contributed by atoms with E-state index in [1.807, 2.05) is 79.4 Å². The van der Waals surface area contributed by atoms with Gasteiger partial charge < -0.3 is 0 Å². The van der Waals surface area contributed by atoms with Gasteiger partial charge >= 0.3 is 0 Å². The average molecular weight is 257 g/mol. The molecule has 18 heavy (non-hydrogen) atoms. The predicted octanol–water partition coefficient (Wildman–Crippen LogP) is 3.11. The van der Waals surface area contributed by atoms with Gasteiger partial charge in [0.2, 0.25) is 5.52 Å². The molecule has 0 heterocycles. The van der Waals surface area contributed by atoms with Gasteiger partial charge in [0.25, 0.3) is 0 Å². The number of hydrogen-bond donors (Lipinski definition) is 0. The third-order valence-electron chi connectivity index (χ3n) is 2.61. The van der Waals surface area contributed by atoms with Crippen LogP contribution in [0.25, 0.3) is 0 Å². The number of nitrogens with zero attached hydrogens (tertiary/aromatic N) is 1. The molecule has 2 aromatic carbocycles. The Bertz CT molecular complexity index is 511. The van der Waals surface area contributed by atoms with E-state index in [1.54, 1.807) is 0 Å². The number of carbonyl (C=O) groups is 1. The van der Waals surface area contributed by atoms with Crippen molar-refractivity contribution in [2.45, 2.75) is 0 Å². The van der Waals surface area contributed by atoms with E-state index in [1.165, 1.54) is 0 Å². The third-order valence-corrected chi connectivity index (χ3v) is 4.84. The number of benzene rings is 2. The van der Waals surface area contributed by atoms with Gasteiger partial charge in [-0.2, -0.15) is 0 Å². The Morgan fingerprint density at radius 1 is 0.889 bits per heavy atom. The summed E-state index contributed by atoms with van der Waals surface area (Å²) in [6.45, 7) is 0. The van der Waals surface area contributed by atoms with Crippen LogP contribution in [0, 0.1) is 0 Å². The maximum atomic E-state index is 12.6. The molecule has 0 aliphatic rings. The fraction of sp³-hybridized carbons (Fsp3) is 0.133. The lowest BCUT2D eigenvalue weighted by Crippen LogP contribution is -2.20. The first-order valence-corrected chi connectivity index (χ1v) is 7.11. The maximum absolute atomic E-state index is 12.6. The molecule has 0 aromatic heterocycles. The monoisotopic (exact) mass is 257 g/mol. The molecule has 0 fully saturated rings. The highest BCUT2D eigenvalue weighted by atomic mass is 31.1. The van der Waals surface area contributed by atoms with Crippen molar-refractivity contribution in [3.05, 3.63) is 66.2 Å². The summed E-state index contributed by atoms with van der Waals surface area (Å²) >= 11 is 0. The number of hydrogen-bond acceptors (Lipinski definition) is 2. The molecule has 0 aliphatic carbocycles. The summed E-state index contributed by atoms with van der Waals surface area (Å²) < 4.78 is 2.01. The second-order valence-electron chi connectivity index (χ2n) is 4.17. The Morgan fingerprint density at radius 2 is 1.39 bits per heavy atom. The molecule has 2 aromatic rings. The minimum atomic E-state index is -0.958. The van der Waals surface area contributed by atoms with Crippen LogP contribution in [0.1, 0.15) is 10.4 Å². The molecule has 0 N–H and O–H groups in total. The van der Waals surface area contributed by atoms with Crippen LogP contribution < -0.4 is 5.30 Å². The topological polar surface area (TPSA) is 20.3 Å². The van der Waals surface area contributed by atoms with E-state index >= 15 is 0 Å². The first-order valence-electron chi connectivity index (χ1n) is 5.82. The summed E-state index contributed by atoms with van der Waals surface area (Å²) in [6.07, 6.45) is 0. The van der Waals surface area contributed by atoms with Gasteiger partial charge in [0.1, 0.15) is 0 Å². The highest BCUT2D eigenvalue weighted by Gasteiger charge is 2.23. The van der Waals surface area contributed by atoms with Crippen LogP contribution in [-0.4, -0.2) is 24.3 Å². The van der Waals surface area contributed by atoms with Crippen molar-refractivity contribution in [2.24, 2.45) is 0 Å². The first-order chi connectivity index (χ1) is 8.70. The average Bonchev–Trinajstić information content (AvgIpc) is 2.40. The lowest BCUT2D eigenvalue weighted by atomic mass is 10.2. The van der Waals surface area contributed by atoms with Crippen molar-refractivity contribution in [3.8, 4) is 0 Å². The van der Waals surface area contributed by atoms with Gasteiger partial charge in [0.05, 0.1) is 8.07 Å². The molecule has 1 unspecified atom stereocenters. The molecule has 0 spiro atoms. The summed E-state index contributed by atoms with van der Waals surface area (Å²) in [5.41, 5.74) is 0.975. The summed E-state index contributed by atoms with van der Waals surface area (Å²) in [5.74, 6) is 0. The molecule has 0 radical (unpaired) electrons. The highest BCUT2D eigenvalue weighted by molar-refractivity contribution is 7.80. The van der Waals surface area contributed by atoms with Gasteiger partial charge in [0.15, 0.2) is 0 Å². The van der Waals surface area contributed by atoms with Gasteiger partial charge in [-0.1, -0.05) is 60.7 Å². The SMILES string of the molecule is CN(C)P(C(=O)c1ccccc1)c1ccccc1. The standard InChI is InChI=1S/C15H16NOP/c1-16(2)18(14-11-7-4-8-12-14)15(17)13-9-5-3-6-10-13/h3-12H,1-2H3. The maximum Gasteiger partial charge on any atom is 0.203 e. The van der Waals surface area contributed by atoms with Crippen molar-refractivity contribution in [1.82, 2.24) is 4.67 Å². The minimum absolute atomic E-state index is 0.196. The van der Waals surface area contributed by atoms with E-state index in [2.05, 4.69) is 0 Å². The minimum Gasteiger partial charge on any atom is -0.287 e. The van der Waals surface area contributed by atoms with Crippen LogP contribution >= 0.6 is 8.07 Å². The van der Waals surface area contributed by atoms with Crippen LogP contribution in [0.5, 0.6) is 0 Å². The van der Waals surface area contributed by atoms with E-state index in [0.29, 0.717) is 0 Å². The largest absolute Gasteiger partial charge is 0.287 e. The van der Waals surface area contributed by atoms with Gasteiger partial charge in [0, 0.05) is 5.56 Å². The Labute approximate surface area is 109 Å². The second kappa shape index (κ2) is 5.90. The normalized spacial score (nSPS) is 12.4. The summed E-state index contributed by atoms with van der Waals surface area (Å²) in [4.78, 5) is 12.6. The first kappa shape index (κ1) is 12.9. The van der Waals surface area contributed by atoms with Crippen LogP contribution in [-0.2, 0) is 0 Å². The quantitative estimate of drug-likeness (QED) is 0.784. The van der Waals surface area contributed by atoms with Crippen molar-refractivity contribution < 1.29 is 4.79 Å². The lowest BCUT2D eigenvalue weighted by Gasteiger charge is -2.23. The Hall–Kier alpha value is -1.50. The zero-order valence-electron chi connectivity index (χ0n) is 10.6. The molecule has 2 rings (SSSR count). The van der Waals surface area contributed by atoms with E-state index in [-0.39, 0.29) is 5.52 Å². The summed E-state index contributed by atoms with van der Waals surface area (Å²) in [5, 5.41) is 1.09. The highest BCUT2D eigenvalue weighted by Crippen LogP contribution is 2.40. The fourth-order valence-corrected chi connectivity index (χ4v) is 3.71. The number of carbonyl (C=O) groups excluding carboxylic acids is 1. The second-order valence-corrected chi connectivity index (χ2v) is 6.51. The van der Waals surface area contributed by atoms with E-state index < -0.39 is 8.07 Å². The Kier molecular flexibility index (Phi) is 4.24. The van der Waals surface area contributed by atoms with Gasteiger partial charge in [-0.25, -0.2) is 0 Å². The smallest absolute Gasteiger partial charge is 0.203 e. The van der Waals surface area contributed by atoms with Gasteiger partial charge in [-0.15, -0.1) is 0 Å². The molecule has 0 amide bonds. The van der Waals surface area contributed by atoms with Crippen molar-refractivity contribution in [1.29, 1.82) is 0 Å². The molecule has 92 valence electrons. The van der Waals surface area contributed by atoms with Gasteiger partial charge in [-0.3, -0.25) is 9.46 Å². The van der Waals surface area contributed by atoms with Crippen molar-refractivity contribution in [2.75, 3.05) is 14.1 Å². The van der Waals surface area contributed by atoms with E-state index in [4.69, 9.17) is 0 Å². The van der Waals surface area contributed by atoms with Crippen molar-refractivity contribution >= 4 is 18.9 Å².